The Labute approximate surface area is 160 Å². The highest BCUT2D eigenvalue weighted by molar-refractivity contribution is 7.80. The summed E-state index contributed by atoms with van der Waals surface area (Å²) in [6, 6.07) is 17.9. The van der Waals surface area contributed by atoms with Crippen LogP contribution in [0.5, 0.6) is 5.75 Å². The van der Waals surface area contributed by atoms with Crippen LogP contribution < -0.4 is 4.90 Å². The van der Waals surface area contributed by atoms with E-state index >= 15 is 0 Å². The summed E-state index contributed by atoms with van der Waals surface area (Å²) in [5.41, 5.74) is 2.89. The molecule has 1 fully saturated rings. The molecule has 134 valence electrons. The maximum Gasteiger partial charge on any atom is 0.131 e. The first-order valence-corrected chi connectivity index (χ1v) is 9.93. The predicted molar refractivity (Wildman–Crippen MR) is 110 cm³/mol. The van der Waals surface area contributed by atoms with Crippen LogP contribution in [0.4, 0.5) is 0 Å². The molecule has 26 heavy (non-hydrogen) atoms. The molecular weight excluding hydrogens is 340 g/mol. The second kappa shape index (κ2) is 7.68. The molecule has 0 spiro atoms. The quantitative estimate of drug-likeness (QED) is 0.818. The number of thiocarbonyl (C=S) groups is 1. The van der Waals surface area contributed by atoms with E-state index in [4.69, 9.17) is 17.2 Å². The van der Waals surface area contributed by atoms with E-state index < -0.39 is 0 Å². The SMILES string of the molecule is Oc1ccccc1C1=N[C@H](C[NH+]2CCCCC2)C(=S)[C@H]1c1ccccc1. The van der Waals surface area contributed by atoms with Crippen LogP contribution in [0.25, 0.3) is 0 Å². The van der Waals surface area contributed by atoms with Gasteiger partial charge in [0.15, 0.2) is 0 Å². The Morgan fingerprint density at radius 2 is 1.65 bits per heavy atom. The number of quaternary nitrogens is 1. The summed E-state index contributed by atoms with van der Waals surface area (Å²) in [4.78, 5) is 7.65. The first-order valence-electron chi connectivity index (χ1n) is 9.52. The second-order valence-electron chi connectivity index (χ2n) is 7.31. The van der Waals surface area contributed by atoms with Gasteiger partial charge in [0, 0.05) is 10.4 Å². The van der Waals surface area contributed by atoms with Crippen LogP contribution in [0, 0.1) is 0 Å². The van der Waals surface area contributed by atoms with Crippen molar-refractivity contribution < 1.29 is 10.0 Å². The van der Waals surface area contributed by atoms with Gasteiger partial charge in [-0.2, -0.15) is 0 Å². The maximum absolute atomic E-state index is 10.4. The molecule has 4 rings (SSSR count). The van der Waals surface area contributed by atoms with Gasteiger partial charge in [0.25, 0.3) is 0 Å². The van der Waals surface area contributed by atoms with Gasteiger partial charge in [0.1, 0.15) is 18.3 Å². The molecule has 0 aliphatic carbocycles. The molecule has 2 heterocycles. The van der Waals surface area contributed by atoms with Gasteiger partial charge in [0.2, 0.25) is 0 Å². The van der Waals surface area contributed by atoms with Gasteiger partial charge in [0.05, 0.1) is 24.7 Å². The molecule has 2 N–H and O–H groups in total. The van der Waals surface area contributed by atoms with E-state index in [-0.39, 0.29) is 17.7 Å². The van der Waals surface area contributed by atoms with E-state index in [1.807, 2.05) is 36.4 Å². The van der Waals surface area contributed by atoms with Crippen LogP contribution >= 0.6 is 12.2 Å². The number of phenolic OH excluding ortho intramolecular Hbond substituents is 1. The zero-order valence-electron chi connectivity index (χ0n) is 14.9. The zero-order chi connectivity index (χ0) is 17.9. The van der Waals surface area contributed by atoms with Crippen molar-refractivity contribution in [3.05, 3.63) is 65.7 Å². The molecule has 2 aromatic carbocycles. The molecule has 2 aromatic rings. The van der Waals surface area contributed by atoms with Gasteiger partial charge in [-0.1, -0.05) is 54.7 Å². The van der Waals surface area contributed by atoms with Gasteiger partial charge < -0.3 is 10.0 Å². The van der Waals surface area contributed by atoms with Crippen LogP contribution in [-0.4, -0.2) is 41.4 Å². The average Bonchev–Trinajstić information content (AvgIpc) is 3.00. The Morgan fingerprint density at radius 3 is 2.38 bits per heavy atom. The molecule has 0 unspecified atom stereocenters. The number of piperidine rings is 1. The van der Waals surface area contributed by atoms with Crippen molar-refractivity contribution in [3.63, 3.8) is 0 Å². The fourth-order valence-corrected chi connectivity index (χ4v) is 4.58. The van der Waals surface area contributed by atoms with Gasteiger partial charge in [-0.15, -0.1) is 0 Å². The monoisotopic (exact) mass is 365 g/mol. The number of benzene rings is 2. The first-order chi connectivity index (χ1) is 12.7. The highest BCUT2D eigenvalue weighted by atomic mass is 32.1. The number of phenols is 1. The molecule has 2 aliphatic heterocycles. The highest BCUT2D eigenvalue weighted by Gasteiger charge is 2.38. The molecule has 0 amide bonds. The van der Waals surface area contributed by atoms with E-state index in [0.717, 1.165) is 28.2 Å². The lowest BCUT2D eigenvalue weighted by Gasteiger charge is -2.25. The van der Waals surface area contributed by atoms with Crippen molar-refractivity contribution in [1.82, 2.24) is 0 Å². The van der Waals surface area contributed by atoms with E-state index in [1.54, 1.807) is 11.0 Å². The second-order valence-corrected chi connectivity index (χ2v) is 7.78. The Morgan fingerprint density at radius 1 is 0.962 bits per heavy atom. The topological polar surface area (TPSA) is 37.0 Å². The molecule has 0 aromatic heterocycles. The van der Waals surface area contributed by atoms with Crippen molar-refractivity contribution in [2.45, 2.75) is 31.2 Å². The predicted octanol–water partition coefficient (Wildman–Crippen LogP) is 2.79. The van der Waals surface area contributed by atoms with Crippen LogP contribution in [-0.2, 0) is 0 Å². The number of hydrogen-bond donors (Lipinski definition) is 2. The lowest BCUT2D eigenvalue weighted by Crippen LogP contribution is -3.13. The molecule has 0 bridgehead atoms. The summed E-state index contributed by atoms with van der Waals surface area (Å²) in [6.45, 7) is 3.41. The molecular formula is C22H25N2OS+. The van der Waals surface area contributed by atoms with Crippen LogP contribution in [0.1, 0.15) is 36.3 Å². The number of aliphatic imine (C=N–C) groups is 1. The average molecular weight is 366 g/mol. The summed E-state index contributed by atoms with van der Waals surface area (Å²) >= 11 is 5.92. The number of likely N-dealkylation sites (tertiary alicyclic amines) is 1. The minimum absolute atomic E-state index is 0.0197. The number of aromatic hydroxyl groups is 1. The van der Waals surface area contributed by atoms with Crippen molar-refractivity contribution in [1.29, 1.82) is 0 Å². The third-order valence-electron chi connectivity index (χ3n) is 5.54. The molecule has 2 aliphatic rings. The molecule has 0 saturated carbocycles. The Hall–Kier alpha value is -2.04. The minimum atomic E-state index is -0.0197. The lowest BCUT2D eigenvalue weighted by molar-refractivity contribution is -0.904. The van der Waals surface area contributed by atoms with Crippen LogP contribution in [0.2, 0.25) is 0 Å². The van der Waals surface area contributed by atoms with Crippen LogP contribution in [0.3, 0.4) is 0 Å². The first kappa shape index (κ1) is 17.4. The molecule has 1 saturated heterocycles. The Bertz CT molecular complexity index is 812. The number of nitrogens with zero attached hydrogens (tertiary/aromatic N) is 1. The Balaban J connectivity index is 1.69. The Kier molecular flexibility index (Phi) is 5.14. The van der Waals surface area contributed by atoms with E-state index in [0.29, 0.717) is 0 Å². The number of rotatable bonds is 4. The van der Waals surface area contributed by atoms with E-state index in [2.05, 4.69) is 12.1 Å². The van der Waals surface area contributed by atoms with Crippen molar-refractivity contribution in [2.75, 3.05) is 19.6 Å². The normalized spacial score (nSPS) is 23.8. The fraction of sp³-hybridized carbons (Fsp3) is 0.364. The molecule has 2 atom stereocenters. The maximum atomic E-state index is 10.4. The van der Waals surface area contributed by atoms with E-state index in [1.165, 1.54) is 32.4 Å². The summed E-state index contributed by atoms with van der Waals surface area (Å²) in [7, 11) is 0. The molecule has 3 nitrogen and oxygen atoms in total. The minimum Gasteiger partial charge on any atom is -0.507 e. The number of para-hydroxylation sites is 1. The van der Waals surface area contributed by atoms with Crippen molar-refractivity contribution in [2.24, 2.45) is 4.99 Å². The highest BCUT2D eigenvalue weighted by Crippen LogP contribution is 2.34. The smallest absolute Gasteiger partial charge is 0.131 e. The summed E-state index contributed by atoms with van der Waals surface area (Å²) in [6.07, 6.45) is 3.94. The largest absolute Gasteiger partial charge is 0.507 e. The van der Waals surface area contributed by atoms with Gasteiger partial charge in [-0.05, 0) is 37.0 Å². The summed E-state index contributed by atoms with van der Waals surface area (Å²) in [5.74, 6) is 0.259. The number of hydrogen-bond acceptors (Lipinski definition) is 3. The fourth-order valence-electron chi connectivity index (χ4n) is 4.19. The standard InChI is InChI=1S/C22H24N2OS/c25-19-12-6-5-11-17(19)21-20(16-9-3-1-4-10-16)22(26)18(23-21)15-24-13-7-2-8-14-24/h1,3-6,9-12,18,20,25H,2,7-8,13-15H2/p+1/t18-,20+/m1/s1. The number of nitrogens with one attached hydrogen (secondary N) is 1. The van der Waals surface area contributed by atoms with Crippen LogP contribution in [0.15, 0.2) is 59.6 Å². The molecule has 4 heteroatoms. The van der Waals surface area contributed by atoms with E-state index in [9.17, 15) is 5.11 Å². The van der Waals surface area contributed by atoms with Crippen molar-refractivity contribution >= 4 is 22.8 Å². The third kappa shape index (κ3) is 3.44. The van der Waals surface area contributed by atoms with Crippen molar-refractivity contribution in [3.8, 4) is 5.75 Å². The van der Waals surface area contributed by atoms with Gasteiger partial charge in [-0.25, -0.2) is 0 Å². The lowest BCUT2D eigenvalue weighted by atomic mass is 9.87. The summed E-state index contributed by atoms with van der Waals surface area (Å²) in [5, 5.41) is 10.4. The summed E-state index contributed by atoms with van der Waals surface area (Å²) < 4.78 is 0. The van der Waals surface area contributed by atoms with Gasteiger partial charge in [-0.3, -0.25) is 4.99 Å². The third-order valence-corrected chi connectivity index (χ3v) is 6.04. The van der Waals surface area contributed by atoms with Gasteiger partial charge >= 0.3 is 0 Å². The zero-order valence-corrected chi connectivity index (χ0v) is 15.7. The molecule has 0 radical (unpaired) electrons.